The number of H-pyrrole nitrogens is 1. The van der Waals surface area contributed by atoms with Gasteiger partial charge in [-0.1, -0.05) is 18.2 Å². The van der Waals surface area contributed by atoms with Crippen LogP contribution in [0.25, 0.3) is 11.3 Å². The number of methoxy groups -OCH3 is 2. The minimum atomic E-state index is 0.348. The number of rotatable bonds is 8. The van der Waals surface area contributed by atoms with Gasteiger partial charge in [-0.15, -0.1) is 0 Å². The molecule has 2 aromatic heterocycles. The second-order valence-corrected chi connectivity index (χ2v) is 6.59. The van der Waals surface area contributed by atoms with Crippen LogP contribution in [0.4, 0.5) is 17.5 Å². The summed E-state index contributed by atoms with van der Waals surface area (Å²) in [4.78, 5) is 8.18. The van der Waals surface area contributed by atoms with Gasteiger partial charge in [-0.25, -0.2) is 9.97 Å². The molecule has 0 saturated carbocycles. The highest BCUT2D eigenvalue weighted by Crippen LogP contribution is 2.38. The first-order chi connectivity index (χ1) is 15.2. The third kappa shape index (κ3) is 4.67. The highest BCUT2D eigenvalue weighted by Gasteiger charge is 2.16. The molecule has 0 aliphatic rings. The fourth-order valence-corrected chi connectivity index (χ4v) is 3.00. The Labute approximate surface area is 179 Å². The zero-order valence-electron chi connectivity index (χ0n) is 17.1. The molecule has 9 heteroatoms. The molecule has 0 aliphatic carbocycles. The highest BCUT2D eigenvalue weighted by molar-refractivity contribution is 5.76. The van der Waals surface area contributed by atoms with Crippen LogP contribution in [0.5, 0.6) is 17.2 Å². The van der Waals surface area contributed by atoms with Gasteiger partial charge < -0.3 is 25.3 Å². The molecule has 0 saturated heterocycles. The average molecular weight is 418 g/mol. The van der Waals surface area contributed by atoms with Gasteiger partial charge in [-0.2, -0.15) is 5.10 Å². The molecule has 31 heavy (non-hydrogen) atoms. The van der Waals surface area contributed by atoms with Crippen molar-refractivity contribution in [2.75, 3.05) is 25.3 Å². The van der Waals surface area contributed by atoms with Crippen LogP contribution in [-0.2, 0) is 6.61 Å². The van der Waals surface area contributed by atoms with Gasteiger partial charge in [0, 0.05) is 6.07 Å². The molecule has 4 N–H and O–H groups in total. The van der Waals surface area contributed by atoms with Gasteiger partial charge in [0.25, 0.3) is 0 Å². The summed E-state index contributed by atoms with van der Waals surface area (Å²) in [6.45, 7) is 0.393. The second kappa shape index (κ2) is 9.04. The molecule has 0 bridgehead atoms. The van der Waals surface area contributed by atoms with E-state index in [4.69, 9.17) is 19.9 Å². The number of nitrogen functional groups attached to an aromatic ring is 1. The van der Waals surface area contributed by atoms with Gasteiger partial charge in [0.05, 0.1) is 37.9 Å². The Kier molecular flexibility index (Phi) is 5.84. The Hall–Kier alpha value is -4.27. The van der Waals surface area contributed by atoms with Gasteiger partial charge in [-0.3, -0.25) is 5.10 Å². The molecule has 0 atom stereocenters. The maximum Gasteiger partial charge on any atom is 0.153 e. The van der Waals surface area contributed by atoms with Crippen LogP contribution in [0.15, 0.2) is 60.9 Å². The number of anilines is 3. The van der Waals surface area contributed by atoms with E-state index in [2.05, 4.69) is 25.5 Å². The summed E-state index contributed by atoms with van der Waals surface area (Å²) in [6, 6.07) is 15.2. The first-order valence-electron chi connectivity index (χ1n) is 9.49. The summed E-state index contributed by atoms with van der Waals surface area (Å²) in [7, 11) is 3.26. The smallest absolute Gasteiger partial charge is 0.153 e. The van der Waals surface area contributed by atoms with Crippen molar-refractivity contribution in [1.82, 2.24) is 20.2 Å². The third-order valence-corrected chi connectivity index (χ3v) is 4.54. The van der Waals surface area contributed by atoms with Crippen LogP contribution in [-0.4, -0.2) is 34.4 Å². The van der Waals surface area contributed by atoms with Gasteiger partial charge in [0.1, 0.15) is 35.5 Å². The SMILES string of the molecule is COc1ccc(COc2cccc(OC)c2-c2cc(Nc3cnc(N)cn3)n[nH]2)cc1. The predicted molar refractivity (Wildman–Crippen MR) is 118 cm³/mol. The van der Waals surface area contributed by atoms with E-state index in [9.17, 15) is 0 Å². The molecule has 2 aromatic carbocycles. The highest BCUT2D eigenvalue weighted by atomic mass is 16.5. The van der Waals surface area contributed by atoms with Crippen molar-refractivity contribution in [3.63, 3.8) is 0 Å². The molecule has 0 unspecified atom stereocenters. The Morgan fingerprint density at radius 2 is 1.74 bits per heavy atom. The number of nitrogens with two attached hydrogens (primary N) is 1. The summed E-state index contributed by atoms with van der Waals surface area (Å²) >= 11 is 0. The molecule has 0 radical (unpaired) electrons. The van der Waals surface area contributed by atoms with Crippen molar-refractivity contribution >= 4 is 17.5 Å². The monoisotopic (exact) mass is 418 g/mol. The van der Waals surface area contributed by atoms with E-state index in [1.807, 2.05) is 48.5 Å². The normalized spacial score (nSPS) is 10.5. The Bertz CT molecular complexity index is 1140. The van der Waals surface area contributed by atoms with Crippen molar-refractivity contribution in [1.29, 1.82) is 0 Å². The summed E-state index contributed by atoms with van der Waals surface area (Å²) < 4.78 is 16.9. The van der Waals surface area contributed by atoms with E-state index in [1.165, 1.54) is 12.4 Å². The fraction of sp³-hybridized carbons (Fsp3) is 0.136. The summed E-state index contributed by atoms with van der Waals surface area (Å²) in [5.74, 6) is 3.58. The zero-order valence-corrected chi connectivity index (χ0v) is 17.1. The number of nitrogens with zero attached hydrogens (tertiary/aromatic N) is 3. The van der Waals surface area contributed by atoms with Crippen LogP contribution in [0.1, 0.15) is 5.56 Å². The van der Waals surface area contributed by atoms with E-state index in [0.29, 0.717) is 35.6 Å². The van der Waals surface area contributed by atoms with Crippen LogP contribution >= 0.6 is 0 Å². The number of hydrogen-bond acceptors (Lipinski definition) is 8. The van der Waals surface area contributed by atoms with Gasteiger partial charge >= 0.3 is 0 Å². The summed E-state index contributed by atoms with van der Waals surface area (Å²) in [5.41, 5.74) is 8.09. The molecule has 0 fully saturated rings. The average Bonchev–Trinajstić information content (AvgIpc) is 3.27. The van der Waals surface area contributed by atoms with E-state index in [0.717, 1.165) is 22.6 Å². The van der Waals surface area contributed by atoms with Crippen molar-refractivity contribution in [2.24, 2.45) is 0 Å². The Morgan fingerprint density at radius 1 is 0.935 bits per heavy atom. The topological polar surface area (TPSA) is 120 Å². The van der Waals surface area contributed by atoms with Crippen LogP contribution in [0.2, 0.25) is 0 Å². The maximum atomic E-state index is 6.11. The maximum absolute atomic E-state index is 6.11. The summed E-state index contributed by atoms with van der Waals surface area (Å²) in [5, 5.41) is 10.4. The molecule has 0 amide bonds. The molecule has 2 heterocycles. The number of nitrogens with one attached hydrogen (secondary N) is 2. The Morgan fingerprint density at radius 3 is 2.45 bits per heavy atom. The second-order valence-electron chi connectivity index (χ2n) is 6.59. The number of benzene rings is 2. The van der Waals surface area contributed by atoms with Crippen molar-refractivity contribution in [3.8, 4) is 28.5 Å². The lowest BCUT2D eigenvalue weighted by molar-refractivity contribution is 0.305. The van der Waals surface area contributed by atoms with Crippen LogP contribution in [0, 0.1) is 0 Å². The zero-order chi connectivity index (χ0) is 21.6. The molecule has 0 aliphatic heterocycles. The van der Waals surface area contributed by atoms with E-state index in [-0.39, 0.29) is 0 Å². The third-order valence-electron chi connectivity index (χ3n) is 4.54. The lowest BCUT2D eigenvalue weighted by Gasteiger charge is -2.14. The predicted octanol–water partition coefficient (Wildman–Crippen LogP) is 3.79. The van der Waals surface area contributed by atoms with Crippen molar-refractivity contribution in [2.45, 2.75) is 6.61 Å². The minimum Gasteiger partial charge on any atom is -0.497 e. The molecular formula is C22H22N6O3. The molecule has 4 aromatic rings. The van der Waals surface area contributed by atoms with Gasteiger partial charge in [0.15, 0.2) is 5.82 Å². The van der Waals surface area contributed by atoms with E-state index >= 15 is 0 Å². The first kappa shape index (κ1) is 20.0. The lowest BCUT2D eigenvalue weighted by atomic mass is 10.1. The lowest BCUT2D eigenvalue weighted by Crippen LogP contribution is -1.99. The summed E-state index contributed by atoms with van der Waals surface area (Å²) in [6.07, 6.45) is 3.01. The van der Waals surface area contributed by atoms with Crippen molar-refractivity contribution < 1.29 is 14.2 Å². The van der Waals surface area contributed by atoms with Crippen molar-refractivity contribution in [3.05, 3.63) is 66.5 Å². The van der Waals surface area contributed by atoms with E-state index in [1.54, 1.807) is 14.2 Å². The largest absolute Gasteiger partial charge is 0.497 e. The van der Waals surface area contributed by atoms with Crippen LogP contribution < -0.4 is 25.3 Å². The minimum absolute atomic E-state index is 0.348. The molecule has 0 spiro atoms. The first-order valence-corrected chi connectivity index (χ1v) is 9.49. The molecule has 9 nitrogen and oxygen atoms in total. The van der Waals surface area contributed by atoms with Gasteiger partial charge in [-0.05, 0) is 29.8 Å². The fourth-order valence-electron chi connectivity index (χ4n) is 3.00. The van der Waals surface area contributed by atoms with Gasteiger partial charge in [0.2, 0.25) is 0 Å². The Balaban J connectivity index is 1.57. The molecular weight excluding hydrogens is 396 g/mol. The van der Waals surface area contributed by atoms with E-state index < -0.39 is 0 Å². The molecule has 4 rings (SSSR count). The number of aromatic amines is 1. The number of ether oxygens (including phenoxy) is 3. The number of aromatic nitrogens is 4. The quantitative estimate of drug-likeness (QED) is 0.395. The van der Waals surface area contributed by atoms with Crippen LogP contribution in [0.3, 0.4) is 0 Å². The molecule has 158 valence electrons. The number of hydrogen-bond donors (Lipinski definition) is 3. The standard InChI is InChI=1S/C22H22N6O3/c1-29-15-8-6-14(7-9-15)13-31-18-5-3-4-17(30-2)22(18)16-10-20(28-27-16)26-21-12-24-19(23)11-25-21/h3-12H,13H2,1-2H3,(H2,23,24)(H2,25,26,27,28).